The Morgan fingerprint density at radius 3 is 2.92 bits per heavy atom. The summed E-state index contributed by atoms with van der Waals surface area (Å²) in [6.07, 6.45) is 2.81. The first-order chi connectivity index (χ1) is 5.75. The molecule has 0 amide bonds. The molecule has 0 saturated carbocycles. The summed E-state index contributed by atoms with van der Waals surface area (Å²) in [6.45, 7) is 5.07. The van der Waals surface area contributed by atoms with Gasteiger partial charge in [-0.2, -0.15) is 0 Å². The van der Waals surface area contributed by atoms with Crippen LogP contribution in [0.3, 0.4) is 0 Å². The number of hydrogen-bond acceptors (Lipinski definition) is 2. The molecule has 0 radical (unpaired) electrons. The molecule has 1 aromatic heterocycles. The number of rotatable bonds is 3. The van der Waals surface area contributed by atoms with Crippen LogP contribution in [0.15, 0.2) is 12.3 Å². The Hall–Kier alpha value is -0.760. The van der Waals surface area contributed by atoms with Crippen LogP contribution in [0, 0.1) is 6.92 Å². The van der Waals surface area contributed by atoms with Crippen molar-refractivity contribution in [2.24, 2.45) is 0 Å². The summed E-state index contributed by atoms with van der Waals surface area (Å²) >= 11 is 5.89. The van der Waals surface area contributed by atoms with Crippen LogP contribution in [-0.4, -0.2) is 11.5 Å². The van der Waals surface area contributed by atoms with E-state index in [4.69, 9.17) is 11.6 Å². The van der Waals surface area contributed by atoms with Gasteiger partial charge in [0, 0.05) is 12.7 Å². The number of aromatic nitrogens is 1. The van der Waals surface area contributed by atoms with Gasteiger partial charge in [-0.05, 0) is 25.0 Å². The highest BCUT2D eigenvalue weighted by Crippen LogP contribution is 2.22. The molecule has 3 heteroatoms. The van der Waals surface area contributed by atoms with Crippen molar-refractivity contribution in [1.29, 1.82) is 0 Å². The van der Waals surface area contributed by atoms with E-state index >= 15 is 0 Å². The minimum atomic E-state index is 0.559. The summed E-state index contributed by atoms with van der Waals surface area (Å²) in [4.78, 5) is 4.00. The zero-order valence-corrected chi connectivity index (χ0v) is 8.15. The first kappa shape index (κ1) is 9.33. The predicted molar refractivity (Wildman–Crippen MR) is 52.8 cm³/mol. The Labute approximate surface area is 78.0 Å². The average Bonchev–Trinajstić information content (AvgIpc) is 2.04. The van der Waals surface area contributed by atoms with E-state index < -0.39 is 0 Å². The third-order valence-corrected chi connectivity index (χ3v) is 1.95. The van der Waals surface area contributed by atoms with Gasteiger partial charge in [-0.15, -0.1) is 0 Å². The summed E-state index contributed by atoms with van der Waals surface area (Å²) in [6, 6.07) is 1.95. The topological polar surface area (TPSA) is 24.9 Å². The predicted octanol–water partition coefficient (Wildman–Crippen LogP) is 2.87. The Kier molecular flexibility index (Phi) is 3.35. The summed E-state index contributed by atoms with van der Waals surface area (Å²) in [5.74, 6) is 0. The minimum Gasteiger partial charge on any atom is -0.382 e. The second kappa shape index (κ2) is 4.31. The van der Waals surface area contributed by atoms with E-state index in [1.54, 1.807) is 6.20 Å². The van der Waals surface area contributed by atoms with Crippen molar-refractivity contribution in [2.45, 2.75) is 20.3 Å². The molecule has 0 saturated heterocycles. The second-order valence-corrected chi connectivity index (χ2v) is 3.08. The lowest BCUT2D eigenvalue weighted by Crippen LogP contribution is -2.02. The van der Waals surface area contributed by atoms with Crippen molar-refractivity contribution in [3.8, 4) is 0 Å². The maximum absolute atomic E-state index is 5.89. The average molecular weight is 185 g/mol. The van der Waals surface area contributed by atoms with Crippen LogP contribution in [0.2, 0.25) is 5.15 Å². The highest BCUT2D eigenvalue weighted by molar-refractivity contribution is 6.32. The van der Waals surface area contributed by atoms with Gasteiger partial charge in [0.05, 0.1) is 5.69 Å². The van der Waals surface area contributed by atoms with Gasteiger partial charge in [0.2, 0.25) is 0 Å². The zero-order valence-electron chi connectivity index (χ0n) is 7.39. The van der Waals surface area contributed by atoms with Crippen LogP contribution in [-0.2, 0) is 0 Å². The lowest BCUT2D eigenvalue weighted by atomic mass is 10.2. The highest BCUT2D eigenvalue weighted by Gasteiger charge is 2.02. The fraction of sp³-hybridized carbons (Fsp3) is 0.444. The van der Waals surface area contributed by atoms with E-state index in [1.807, 2.05) is 13.0 Å². The number of halogens is 1. The maximum atomic E-state index is 5.89. The molecule has 2 nitrogen and oxygen atoms in total. The van der Waals surface area contributed by atoms with Crippen molar-refractivity contribution in [2.75, 3.05) is 11.9 Å². The lowest BCUT2D eigenvalue weighted by molar-refractivity contribution is 0.975. The lowest BCUT2D eigenvalue weighted by Gasteiger charge is -2.08. The van der Waals surface area contributed by atoms with E-state index in [1.165, 1.54) is 0 Å². The molecule has 1 rings (SSSR count). The van der Waals surface area contributed by atoms with Crippen molar-refractivity contribution in [3.63, 3.8) is 0 Å². The van der Waals surface area contributed by atoms with Gasteiger partial charge in [0.25, 0.3) is 0 Å². The van der Waals surface area contributed by atoms with Gasteiger partial charge in [-0.25, -0.2) is 4.98 Å². The van der Waals surface area contributed by atoms with Gasteiger partial charge in [0.15, 0.2) is 5.15 Å². The number of anilines is 1. The molecule has 0 aliphatic heterocycles. The highest BCUT2D eigenvalue weighted by atomic mass is 35.5. The van der Waals surface area contributed by atoms with Gasteiger partial charge < -0.3 is 5.32 Å². The molecule has 0 bridgehead atoms. The Balaban J connectivity index is 2.81. The normalized spacial score (nSPS) is 9.92. The number of pyridine rings is 1. The second-order valence-electron chi connectivity index (χ2n) is 2.72. The molecule has 1 aromatic rings. The fourth-order valence-corrected chi connectivity index (χ4v) is 1.26. The maximum Gasteiger partial charge on any atom is 0.152 e. The van der Waals surface area contributed by atoms with E-state index in [0.29, 0.717) is 5.15 Å². The third kappa shape index (κ3) is 2.11. The SMILES string of the molecule is CCCNc1c(C)ccnc1Cl. The van der Waals surface area contributed by atoms with E-state index in [2.05, 4.69) is 17.2 Å². The molecule has 66 valence electrons. The third-order valence-electron chi connectivity index (χ3n) is 1.66. The first-order valence-corrected chi connectivity index (χ1v) is 4.48. The van der Waals surface area contributed by atoms with E-state index in [0.717, 1.165) is 24.2 Å². The number of hydrogen-bond donors (Lipinski definition) is 1. The monoisotopic (exact) mass is 184 g/mol. The van der Waals surface area contributed by atoms with Crippen molar-refractivity contribution in [3.05, 3.63) is 23.0 Å². The smallest absolute Gasteiger partial charge is 0.152 e. The molecule has 0 unspecified atom stereocenters. The molecule has 0 atom stereocenters. The molecule has 1 N–H and O–H groups in total. The van der Waals surface area contributed by atoms with Gasteiger partial charge >= 0.3 is 0 Å². The fourth-order valence-electron chi connectivity index (χ4n) is 0.987. The summed E-state index contributed by atoms with van der Waals surface area (Å²) in [7, 11) is 0. The molecule has 1 heterocycles. The van der Waals surface area contributed by atoms with E-state index in [-0.39, 0.29) is 0 Å². The van der Waals surface area contributed by atoms with Crippen molar-refractivity contribution in [1.82, 2.24) is 4.98 Å². The summed E-state index contributed by atoms with van der Waals surface area (Å²) < 4.78 is 0. The first-order valence-electron chi connectivity index (χ1n) is 4.10. The van der Waals surface area contributed by atoms with Gasteiger partial charge in [-0.1, -0.05) is 18.5 Å². The zero-order chi connectivity index (χ0) is 8.97. The molecule has 0 fully saturated rings. The summed E-state index contributed by atoms with van der Waals surface area (Å²) in [5.41, 5.74) is 2.10. The van der Waals surface area contributed by atoms with Crippen LogP contribution in [0.4, 0.5) is 5.69 Å². The van der Waals surface area contributed by atoms with Crippen LogP contribution in [0.5, 0.6) is 0 Å². The van der Waals surface area contributed by atoms with Gasteiger partial charge in [-0.3, -0.25) is 0 Å². The molecule has 0 aliphatic carbocycles. The molecule has 12 heavy (non-hydrogen) atoms. The standard InChI is InChI=1S/C9H13ClN2/c1-3-5-11-8-7(2)4-6-12-9(8)10/h4,6,11H,3,5H2,1-2H3. The number of nitrogens with zero attached hydrogens (tertiary/aromatic N) is 1. The quantitative estimate of drug-likeness (QED) is 0.731. The number of nitrogens with one attached hydrogen (secondary N) is 1. The van der Waals surface area contributed by atoms with Crippen molar-refractivity contribution < 1.29 is 0 Å². The molecule has 0 aromatic carbocycles. The number of aryl methyl sites for hydroxylation is 1. The van der Waals surface area contributed by atoms with Gasteiger partial charge in [0.1, 0.15) is 0 Å². The van der Waals surface area contributed by atoms with Crippen LogP contribution < -0.4 is 5.32 Å². The largest absolute Gasteiger partial charge is 0.382 e. The molecule has 0 aliphatic rings. The van der Waals surface area contributed by atoms with E-state index in [9.17, 15) is 0 Å². The Morgan fingerprint density at radius 2 is 2.33 bits per heavy atom. The molecular formula is C9H13ClN2. The molecule has 0 spiro atoms. The Bertz CT molecular complexity index is 240. The molecular weight excluding hydrogens is 172 g/mol. The summed E-state index contributed by atoms with van der Waals surface area (Å²) in [5, 5.41) is 3.80. The van der Waals surface area contributed by atoms with Crippen LogP contribution in [0.1, 0.15) is 18.9 Å². The minimum absolute atomic E-state index is 0.559. The van der Waals surface area contributed by atoms with Crippen LogP contribution in [0.25, 0.3) is 0 Å². The Morgan fingerprint density at radius 1 is 1.58 bits per heavy atom. The van der Waals surface area contributed by atoms with Crippen molar-refractivity contribution >= 4 is 17.3 Å². The van der Waals surface area contributed by atoms with Crippen LogP contribution >= 0.6 is 11.6 Å².